The molecule has 1 aliphatic rings. The summed E-state index contributed by atoms with van der Waals surface area (Å²) < 4.78 is 1.76. The van der Waals surface area contributed by atoms with E-state index in [0.717, 1.165) is 52.2 Å². The highest BCUT2D eigenvalue weighted by atomic mass is 32.2. The van der Waals surface area contributed by atoms with E-state index >= 15 is 0 Å². The number of nitrogens with two attached hydrogens (primary N) is 1. The summed E-state index contributed by atoms with van der Waals surface area (Å²) in [5.74, 6) is 0. The molecule has 4 aromatic rings. The van der Waals surface area contributed by atoms with Crippen molar-refractivity contribution >= 4 is 22.5 Å². The third-order valence-electron chi connectivity index (χ3n) is 5.49. The summed E-state index contributed by atoms with van der Waals surface area (Å²) in [6, 6.07) is 24.2. The van der Waals surface area contributed by atoms with Gasteiger partial charge in [0, 0.05) is 11.3 Å². The van der Waals surface area contributed by atoms with E-state index in [1.807, 2.05) is 48.5 Å². The monoisotopic (exact) mass is 399 g/mol. The molecular weight excluding hydrogens is 378 g/mol. The van der Waals surface area contributed by atoms with Crippen molar-refractivity contribution in [2.45, 2.75) is 29.7 Å². The summed E-state index contributed by atoms with van der Waals surface area (Å²) in [6.07, 6.45) is 2.85. The molecule has 4 nitrogen and oxygen atoms in total. The summed E-state index contributed by atoms with van der Waals surface area (Å²) in [7, 11) is 0. The van der Waals surface area contributed by atoms with Crippen molar-refractivity contribution in [1.82, 2.24) is 9.55 Å². The molecule has 0 amide bonds. The van der Waals surface area contributed by atoms with Crippen LogP contribution in [0.3, 0.4) is 0 Å². The summed E-state index contributed by atoms with van der Waals surface area (Å²) in [4.78, 5) is 17.4. The molecule has 0 bridgehead atoms. The van der Waals surface area contributed by atoms with Gasteiger partial charge in [-0.1, -0.05) is 72.4 Å². The van der Waals surface area contributed by atoms with Crippen LogP contribution in [0.5, 0.6) is 0 Å². The van der Waals surface area contributed by atoms with Crippen LogP contribution in [0.25, 0.3) is 16.5 Å². The SMILES string of the molecule is NC(Sc1nc(=O)n(-c2ccccc2)c2c1CCC2)c1cccc2ccccc12. The predicted octanol–water partition coefficient (Wildman–Crippen LogP) is 4.62. The van der Waals surface area contributed by atoms with E-state index in [0.29, 0.717) is 0 Å². The minimum atomic E-state index is -0.287. The summed E-state index contributed by atoms with van der Waals surface area (Å²) >= 11 is 1.49. The molecule has 1 aliphatic carbocycles. The Balaban J connectivity index is 1.57. The second kappa shape index (κ2) is 7.50. The molecule has 0 saturated heterocycles. The zero-order valence-corrected chi connectivity index (χ0v) is 16.7. The van der Waals surface area contributed by atoms with Crippen molar-refractivity contribution < 1.29 is 0 Å². The van der Waals surface area contributed by atoms with Crippen LogP contribution in [0.4, 0.5) is 0 Å². The smallest absolute Gasteiger partial charge is 0.315 e. The number of hydrogen-bond acceptors (Lipinski definition) is 4. The first-order valence-corrected chi connectivity index (χ1v) is 10.7. The fraction of sp³-hybridized carbons (Fsp3) is 0.167. The lowest BCUT2D eigenvalue weighted by Crippen LogP contribution is -2.26. The molecule has 144 valence electrons. The molecule has 0 aliphatic heterocycles. The van der Waals surface area contributed by atoms with Gasteiger partial charge in [-0.05, 0) is 47.7 Å². The number of nitrogens with zero attached hydrogens (tertiary/aromatic N) is 2. The molecule has 5 heteroatoms. The molecule has 2 N–H and O–H groups in total. The number of rotatable bonds is 4. The summed E-state index contributed by atoms with van der Waals surface area (Å²) in [6.45, 7) is 0. The Hall–Kier alpha value is -2.89. The number of hydrogen-bond donors (Lipinski definition) is 1. The molecule has 3 aromatic carbocycles. The van der Waals surface area contributed by atoms with Gasteiger partial charge >= 0.3 is 5.69 Å². The minimum Gasteiger partial charge on any atom is -0.315 e. The van der Waals surface area contributed by atoms with E-state index in [-0.39, 0.29) is 11.1 Å². The van der Waals surface area contributed by atoms with Crippen LogP contribution in [0.1, 0.15) is 28.6 Å². The normalized spacial score (nSPS) is 14.1. The number of benzene rings is 3. The van der Waals surface area contributed by atoms with Crippen molar-refractivity contribution in [2.75, 3.05) is 0 Å². The van der Waals surface area contributed by atoms with Crippen molar-refractivity contribution in [3.8, 4) is 5.69 Å². The molecule has 5 rings (SSSR count). The molecule has 1 unspecified atom stereocenters. The second-order valence-electron chi connectivity index (χ2n) is 7.26. The fourth-order valence-corrected chi connectivity index (χ4v) is 5.21. The van der Waals surface area contributed by atoms with Gasteiger partial charge in [0.15, 0.2) is 0 Å². The Bertz CT molecular complexity index is 1240. The van der Waals surface area contributed by atoms with Gasteiger partial charge in [0.2, 0.25) is 0 Å². The lowest BCUT2D eigenvalue weighted by atomic mass is 10.0. The van der Waals surface area contributed by atoms with Crippen molar-refractivity contribution in [2.24, 2.45) is 5.73 Å². The molecule has 0 saturated carbocycles. The topological polar surface area (TPSA) is 60.9 Å². The van der Waals surface area contributed by atoms with Gasteiger partial charge < -0.3 is 5.73 Å². The Morgan fingerprint density at radius 3 is 2.55 bits per heavy atom. The zero-order valence-electron chi connectivity index (χ0n) is 15.9. The number of thioether (sulfide) groups is 1. The van der Waals surface area contributed by atoms with Crippen LogP contribution in [-0.2, 0) is 12.8 Å². The molecule has 0 spiro atoms. The van der Waals surface area contributed by atoms with Gasteiger partial charge in [-0.15, -0.1) is 0 Å². The zero-order chi connectivity index (χ0) is 19.8. The number of para-hydroxylation sites is 1. The maximum Gasteiger partial charge on any atom is 0.353 e. The van der Waals surface area contributed by atoms with Crippen molar-refractivity contribution in [1.29, 1.82) is 0 Å². The third-order valence-corrected chi connectivity index (χ3v) is 6.56. The predicted molar refractivity (Wildman–Crippen MR) is 119 cm³/mol. The van der Waals surface area contributed by atoms with Gasteiger partial charge in [0.05, 0.1) is 11.1 Å². The largest absolute Gasteiger partial charge is 0.353 e. The quantitative estimate of drug-likeness (QED) is 0.309. The van der Waals surface area contributed by atoms with E-state index in [1.165, 1.54) is 17.1 Å². The average Bonchev–Trinajstić information content (AvgIpc) is 3.24. The van der Waals surface area contributed by atoms with Crippen LogP contribution in [0, 0.1) is 0 Å². The first-order valence-electron chi connectivity index (χ1n) is 9.82. The first kappa shape index (κ1) is 18.2. The standard InChI is InChI=1S/C24H21N3OS/c25-22(19-13-6-9-16-8-4-5-12-18(16)19)29-23-20-14-7-15-21(20)27(24(28)26-23)17-10-2-1-3-11-17/h1-6,8-13,22H,7,14-15,25H2. The lowest BCUT2D eigenvalue weighted by Gasteiger charge is -2.18. The number of aromatic nitrogens is 2. The van der Waals surface area contributed by atoms with Crippen molar-refractivity contribution in [3.63, 3.8) is 0 Å². The second-order valence-corrected chi connectivity index (χ2v) is 8.39. The lowest BCUT2D eigenvalue weighted by molar-refractivity contribution is 0.801. The maximum absolute atomic E-state index is 12.9. The minimum absolute atomic E-state index is 0.232. The van der Waals surface area contributed by atoms with Gasteiger partial charge in [-0.2, -0.15) is 4.98 Å². The molecule has 0 fully saturated rings. The molecule has 1 heterocycles. The van der Waals surface area contributed by atoms with Crippen LogP contribution in [0.2, 0.25) is 0 Å². The maximum atomic E-state index is 12.9. The highest BCUT2D eigenvalue weighted by Crippen LogP contribution is 2.38. The van der Waals surface area contributed by atoms with E-state index in [9.17, 15) is 4.79 Å². The van der Waals surface area contributed by atoms with E-state index in [1.54, 1.807) is 4.57 Å². The molecule has 0 radical (unpaired) electrons. The van der Waals surface area contributed by atoms with Crippen LogP contribution in [0.15, 0.2) is 82.6 Å². The summed E-state index contributed by atoms with van der Waals surface area (Å²) in [5, 5.41) is 2.79. The third kappa shape index (κ3) is 3.26. The van der Waals surface area contributed by atoms with Crippen molar-refractivity contribution in [3.05, 3.63) is 100 Å². The highest BCUT2D eigenvalue weighted by Gasteiger charge is 2.24. The van der Waals surface area contributed by atoms with E-state index in [4.69, 9.17) is 5.73 Å². The summed E-state index contributed by atoms with van der Waals surface area (Å²) in [5.41, 5.74) is 10.5. The molecule has 1 atom stereocenters. The van der Waals surface area contributed by atoms with Crippen LogP contribution >= 0.6 is 11.8 Å². The van der Waals surface area contributed by atoms with Gasteiger partial charge in [0.1, 0.15) is 5.03 Å². The average molecular weight is 400 g/mol. The first-order chi connectivity index (χ1) is 14.2. The number of fused-ring (bicyclic) bond motifs is 2. The Morgan fingerprint density at radius 1 is 0.931 bits per heavy atom. The van der Waals surface area contributed by atoms with Crippen LogP contribution in [-0.4, -0.2) is 9.55 Å². The Kier molecular flexibility index (Phi) is 4.70. The van der Waals surface area contributed by atoms with Gasteiger partial charge in [-0.3, -0.25) is 4.57 Å². The fourth-order valence-electron chi connectivity index (χ4n) is 4.15. The highest BCUT2D eigenvalue weighted by molar-refractivity contribution is 7.99. The molecule has 1 aromatic heterocycles. The van der Waals surface area contributed by atoms with E-state index < -0.39 is 0 Å². The van der Waals surface area contributed by atoms with Gasteiger partial charge in [-0.25, -0.2) is 4.79 Å². The van der Waals surface area contributed by atoms with Gasteiger partial charge in [0.25, 0.3) is 0 Å². The molecule has 29 heavy (non-hydrogen) atoms. The van der Waals surface area contributed by atoms with Crippen LogP contribution < -0.4 is 11.4 Å². The Morgan fingerprint density at radius 2 is 1.69 bits per heavy atom. The Labute approximate surface area is 173 Å². The molecular formula is C24H21N3OS. The van der Waals surface area contributed by atoms with E-state index in [2.05, 4.69) is 29.2 Å².